The van der Waals surface area contributed by atoms with Crippen LogP contribution in [-0.2, 0) is 10.0 Å². The smallest absolute Gasteiger partial charge is 0.207 e. The third-order valence-corrected chi connectivity index (χ3v) is 5.33. The van der Waals surface area contributed by atoms with E-state index in [0.29, 0.717) is 5.02 Å². The van der Waals surface area contributed by atoms with E-state index in [1.807, 2.05) is 0 Å². The van der Waals surface area contributed by atoms with Crippen molar-refractivity contribution in [3.05, 3.63) is 29.3 Å². The van der Waals surface area contributed by atoms with Crippen molar-refractivity contribution in [3.63, 3.8) is 0 Å². The van der Waals surface area contributed by atoms with Crippen molar-refractivity contribution in [2.75, 3.05) is 11.5 Å². The van der Waals surface area contributed by atoms with Crippen molar-refractivity contribution < 1.29 is 8.42 Å². The molecular formula is C10H12ClNO2S2. The Labute approximate surface area is 105 Å². The molecule has 0 aliphatic carbocycles. The molecule has 1 atom stereocenters. The predicted octanol–water partition coefficient (Wildman–Crippen LogP) is 2.12. The SMILES string of the molecule is O=S(=O)(N[C@H]1CCSC1)c1ccc(Cl)cc1. The summed E-state index contributed by atoms with van der Waals surface area (Å²) in [5.41, 5.74) is 0. The van der Waals surface area contributed by atoms with Crippen LogP contribution in [0.15, 0.2) is 29.2 Å². The molecule has 0 unspecified atom stereocenters. The molecule has 1 N–H and O–H groups in total. The maximum absolute atomic E-state index is 11.9. The molecule has 1 aliphatic rings. The number of sulfonamides is 1. The molecule has 1 fully saturated rings. The van der Waals surface area contributed by atoms with Crippen molar-refractivity contribution in [1.29, 1.82) is 0 Å². The molecule has 0 saturated carbocycles. The Kier molecular flexibility index (Phi) is 3.79. The molecule has 1 aromatic carbocycles. The van der Waals surface area contributed by atoms with E-state index < -0.39 is 10.0 Å². The van der Waals surface area contributed by atoms with Gasteiger partial charge in [-0.1, -0.05) is 11.6 Å². The van der Waals surface area contributed by atoms with Gasteiger partial charge in [-0.25, -0.2) is 13.1 Å². The van der Waals surface area contributed by atoms with Crippen LogP contribution in [-0.4, -0.2) is 26.0 Å². The third kappa shape index (κ3) is 2.91. The fraction of sp³-hybridized carbons (Fsp3) is 0.400. The van der Waals surface area contributed by atoms with Crippen LogP contribution in [0, 0.1) is 0 Å². The number of benzene rings is 1. The minimum atomic E-state index is -3.38. The van der Waals surface area contributed by atoms with E-state index in [-0.39, 0.29) is 10.9 Å². The maximum Gasteiger partial charge on any atom is 0.240 e. The lowest BCUT2D eigenvalue weighted by Crippen LogP contribution is -2.34. The molecule has 0 aromatic heterocycles. The Morgan fingerprint density at radius 3 is 2.56 bits per heavy atom. The summed E-state index contributed by atoms with van der Waals surface area (Å²) in [5, 5.41) is 0.537. The number of halogens is 1. The van der Waals surface area contributed by atoms with Gasteiger partial charge in [-0.2, -0.15) is 11.8 Å². The van der Waals surface area contributed by atoms with E-state index in [0.717, 1.165) is 17.9 Å². The molecule has 3 nitrogen and oxygen atoms in total. The topological polar surface area (TPSA) is 46.2 Å². The van der Waals surface area contributed by atoms with Crippen molar-refractivity contribution >= 4 is 33.4 Å². The fourth-order valence-corrected chi connectivity index (χ4v) is 4.18. The molecule has 1 saturated heterocycles. The van der Waals surface area contributed by atoms with Gasteiger partial charge in [-0.3, -0.25) is 0 Å². The Morgan fingerprint density at radius 2 is 2.00 bits per heavy atom. The Morgan fingerprint density at radius 1 is 1.31 bits per heavy atom. The van der Waals surface area contributed by atoms with Gasteiger partial charge in [0.2, 0.25) is 10.0 Å². The van der Waals surface area contributed by atoms with Gasteiger partial charge in [0, 0.05) is 16.8 Å². The number of rotatable bonds is 3. The summed E-state index contributed by atoms with van der Waals surface area (Å²) in [5.74, 6) is 1.88. The minimum absolute atomic E-state index is 0.0608. The van der Waals surface area contributed by atoms with E-state index in [1.165, 1.54) is 12.1 Å². The molecule has 1 aliphatic heterocycles. The van der Waals surface area contributed by atoms with E-state index >= 15 is 0 Å². The zero-order chi connectivity index (χ0) is 11.6. The lowest BCUT2D eigenvalue weighted by Gasteiger charge is -2.11. The zero-order valence-corrected chi connectivity index (χ0v) is 10.9. The minimum Gasteiger partial charge on any atom is -0.207 e. The van der Waals surface area contributed by atoms with Gasteiger partial charge in [0.05, 0.1) is 4.90 Å². The molecule has 0 spiro atoms. The second kappa shape index (κ2) is 4.96. The maximum atomic E-state index is 11.9. The first kappa shape index (κ1) is 12.2. The highest BCUT2D eigenvalue weighted by Crippen LogP contribution is 2.20. The summed E-state index contributed by atoms with van der Waals surface area (Å²) in [4.78, 5) is 0.272. The molecular weight excluding hydrogens is 266 g/mol. The van der Waals surface area contributed by atoms with Crippen LogP contribution in [0.5, 0.6) is 0 Å². The van der Waals surface area contributed by atoms with Gasteiger partial charge < -0.3 is 0 Å². The highest BCUT2D eigenvalue weighted by Gasteiger charge is 2.22. The first-order chi connectivity index (χ1) is 7.58. The van der Waals surface area contributed by atoms with Crippen molar-refractivity contribution in [2.24, 2.45) is 0 Å². The number of hydrogen-bond donors (Lipinski definition) is 1. The van der Waals surface area contributed by atoms with Crippen LogP contribution < -0.4 is 4.72 Å². The Hall–Kier alpha value is -0.230. The van der Waals surface area contributed by atoms with E-state index in [9.17, 15) is 8.42 Å². The van der Waals surface area contributed by atoms with Crippen molar-refractivity contribution in [3.8, 4) is 0 Å². The normalized spacial score (nSPS) is 21.2. The lowest BCUT2D eigenvalue weighted by molar-refractivity contribution is 0.563. The molecule has 16 heavy (non-hydrogen) atoms. The van der Waals surface area contributed by atoms with Gasteiger partial charge in [0.25, 0.3) is 0 Å². The average Bonchev–Trinajstić information content (AvgIpc) is 2.70. The fourth-order valence-electron chi connectivity index (χ4n) is 1.53. The number of thioether (sulfide) groups is 1. The van der Waals surface area contributed by atoms with Crippen LogP contribution in [0.1, 0.15) is 6.42 Å². The largest absolute Gasteiger partial charge is 0.240 e. The summed E-state index contributed by atoms with van der Waals surface area (Å²) in [6.45, 7) is 0. The van der Waals surface area contributed by atoms with E-state index in [1.54, 1.807) is 23.9 Å². The number of nitrogens with one attached hydrogen (secondary N) is 1. The summed E-state index contributed by atoms with van der Waals surface area (Å²) in [6.07, 6.45) is 0.900. The molecule has 6 heteroatoms. The monoisotopic (exact) mass is 277 g/mol. The summed E-state index contributed by atoms with van der Waals surface area (Å²) in [6, 6.07) is 6.27. The first-order valence-corrected chi connectivity index (χ1v) is 7.95. The van der Waals surface area contributed by atoms with Crippen LogP contribution in [0.4, 0.5) is 0 Å². The first-order valence-electron chi connectivity index (χ1n) is 4.93. The Balaban J connectivity index is 2.14. The van der Waals surface area contributed by atoms with Gasteiger partial charge in [0.15, 0.2) is 0 Å². The molecule has 0 bridgehead atoms. The van der Waals surface area contributed by atoms with Crippen molar-refractivity contribution in [1.82, 2.24) is 4.72 Å². The Bertz CT molecular complexity index is 452. The number of hydrogen-bond acceptors (Lipinski definition) is 3. The molecule has 2 rings (SSSR count). The molecule has 88 valence electrons. The van der Waals surface area contributed by atoms with Gasteiger partial charge >= 0.3 is 0 Å². The van der Waals surface area contributed by atoms with Gasteiger partial charge in [0.1, 0.15) is 0 Å². The lowest BCUT2D eigenvalue weighted by atomic mass is 10.3. The quantitative estimate of drug-likeness (QED) is 0.921. The highest BCUT2D eigenvalue weighted by molar-refractivity contribution is 7.99. The van der Waals surface area contributed by atoms with Crippen LogP contribution in [0.2, 0.25) is 5.02 Å². The molecule has 0 radical (unpaired) electrons. The molecule has 0 amide bonds. The molecule has 1 heterocycles. The van der Waals surface area contributed by atoms with Crippen LogP contribution >= 0.6 is 23.4 Å². The zero-order valence-electron chi connectivity index (χ0n) is 8.52. The van der Waals surface area contributed by atoms with Crippen LogP contribution in [0.25, 0.3) is 0 Å². The van der Waals surface area contributed by atoms with Crippen LogP contribution in [0.3, 0.4) is 0 Å². The summed E-state index contributed by atoms with van der Waals surface area (Å²) >= 11 is 7.49. The van der Waals surface area contributed by atoms with Gasteiger partial charge in [-0.05, 0) is 36.4 Å². The standard InChI is InChI=1S/C10H12ClNO2S2/c11-8-1-3-10(4-2-8)16(13,14)12-9-5-6-15-7-9/h1-4,9,12H,5-7H2/t9-/m0/s1. The van der Waals surface area contributed by atoms with E-state index in [2.05, 4.69) is 4.72 Å². The third-order valence-electron chi connectivity index (χ3n) is 2.38. The second-order valence-electron chi connectivity index (χ2n) is 3.64. The van der Waals surface area contributed by atoms with Gasteiger partial charge in [-0.15, -0.1) is 0 Å². The summed E-state index contributed by atoms with van der Waals surface area (Å²) in [7, 11) is -3.38. The molecule has 1 aromatic rings. The predicted molar refractivity (Wildman–Crippen MR) is 67.5 cm³/mol. The second-order valence-corrected chi connectivity index (χ2v) is 6.94. The average molecular weight is 278 g/mol. The van der Waals surface area contributed by atoms with Crippen molar-refractivity contribution in [2.45, 2.75) is 17.4 Å². The summed E-state index contributed by atoms with van der Waals surface area (Å²) < 4.78 is 26.6. The highest BCUT2D eigenvalue weighted by atomic mass is 35.5. The van der Waals surface area contributed by atoms with E-state index in [4.69, 9.17) is 11.6 Å².